The van der Waals surface area contributed by atoms with E-state index < -0.39 is 18.2 Å². The van der Waals surface area contributed by atoms with Gasteiger partial charge in [0.05, 0.1) is 5.56 Å². The van der Waals surface area contributed by atoms with Crippen LogP contribution in [0.3, 0.4) is 0 Å². The van der Waals surface area contributed by atoms with E-state index in [2.05, 4.69) is 20.1 Å². The van der Waals surface area contributed by atoms with Gasteiger partial charge in [-0.1, -0.05) is 46.3 Å². The summed E-state index contributed by atoms with van der Waals surface area (Å²) in [5.74, 6) is -0.0786. The molecule has 0 amide bonds. The van der Waals surface area contributed by atoms with Crippen molar-refractivity contribution in [3.8, 4) is 17.2 Å². The van der Waals surface area contributed by atoms with Gasteiger partial charge >= 0.3 is 17.9 Å². The Balaban J connectivity index is 1.57. The third-order valence-corrected chi connectivity index (χ3v) is 6.37. The van der Waals surface area contributed by atoms with Crippen LogP contribution in [0.4, 0.5) is 0 Å². The Labute approximate surface area is 235 Å². The summed E-state index contributed by atoms with van der Waals surface area (Å²) in [5, 5.41) is 0. The molecule has 1 aliphatic rings. The monoisotopic (exact) mass is 550 g/mol. The second-order valence-electron chi connectivity index (χ2n) is 9.62. The molecule has 0 spiro atoms. The Kier molecular flexibility index (Phi) is 11.8. The van der Waals surface area contributed by atoms with Gasteiger partial charge in [0.2, 0.25) is 6.29 Å². The first-order valence-corrected chi connectivity index (χ1v) is 13.8. The highest BCUT2D eigenvalue weighted by Gasteiger charge is 2.35. The summed E-state index contributed by atoms with van der Waals surface area (Å²) in [6, 6.07) is 13.1. The molecule has 1 fully saturated rings. The maximum Gasteiger partial charge on any atom is 0.343 e. The van der Waals surface area contributed by atoms with Crippen LogP contribution in [0, 0.1) is 0 Å². The Hall–Kier alpha value is -4.07. The fourth-order valence-corrected chi connectivity index (χ4v) is 4.19. The van der Waals surface area contributed by atoms with E-state index in [0.29, 0.717) is 41.2 Å². The van der Waals surface area contributed by atoms with E-state index in [0.717, 1.165) is 44.6 Å². The SMILES string of the molecule is C=CC(=O)OC(CCC)Oc1ccc(OC(=O)c2ccc(OC(CCCCCC)C3CC(=C)C(=O)O3)cc2)cc1. The number of benzene rings is 2. The zero-order valence-electron chi connectivity index (χ0n) is 23.3. The molecule has 0 aromatic heterocycles. The van der Waals surface area contributed by atoms with Crippen molar-refractivity contribution < 1.29 is 38.1 Å². The molecule has 0 radical (unpaired) electrons. The molecule has 8 heteroatoms. The smallest absolute Gasteiger partial charge is 0.343 e. The summed E-state index contributed by atoms with van der Waals surface area (Å²) in [6.45, 7) is 11.3. The van der Waals surface area contributed by atoms with Gasteiger partial charge in [-0.25, -0.2) is 14.4 Å². The molecule has 8 nitrogen and oxygen atoms in total. The predicted molar refractivity (Wildman–Crippen MR) is 150 cm³/mol. The highest BCUT2D eigenvalue weighted by molar-refractivity contribution is 5.91. The summed E-state index contributed by atoms with van der Waals surface area (Å²) in [6.07, 6.45) is 6.49. The molecule has 0 aliphatic carbocycles. The molecule has 2 aromatic carbocycles. The first-order chi connectivity index (χ1) is 19.3. The van der Waals surface area contributed by atoms with Crippen LogP contribution in [-0.2, 0) is 19.1 Å². The highest BCUT2D eigenvalue weighted by atomic mass is 16.7. The van der Waals surface area contributed by atoms with Crippen LogP contribution in [0.25, 0.3) is 0 Å². The predicted octanol–water partition coefficient (Wildman–Crippen LogP) is 6.73. The van der Waals surface area contributed by atoms with Gasteiger partial charge in [-0.05, 0) is 67.8 Å². The summed E-state index contributed by atoms with van der Waals surface area (Å²) in [4.78, 5) is 36.1. The molecule has 214 valence electrons. The molecule has 40 heavy (non-hydrogen) atoms. The van der Waals surface area contributed by atoms with E-state index in [9.17, 15) is 14.4 Å². The number of unbranched alkanes of at least 4 members (excludes halogenated alkanes) is 3. The van der Waals surface area contributed by atoms with Gasteiger partial charge < -0.3 is 23.7 Å². The zero-order valence-corrected chi connectivity index (χ0v) is 23.3. The van der Waals surface area contributed by atoms with Gasteiger partial charge in [0, 0.05) is 24.5 Å². The topological polar surface area (TPSA) is 97.4 Å². The molecule has 2 aromatic rings. The Morgan fingerprint density at radius 2 is 1.57 bits per heavy atom. The molecule has 1 aliphatic heterocycles. The average Bonchev–Trinajstić information content (AvgIpc) is 3.29. The maximum atomic E-state index is 12.7. The van der Waals surface area contributed by atoms with Crippen LogP contribution in [0.2, 0.25) is 0 Å². The number of carbonyl (C=O) groups excluding carboxylic acids is 3. The zero-order chi connectivity index (χ0) is 28.9. The lowest BCUT2D eigenvalue weighted by molar-refractivity contribution is -0.158. The molecule has 3 unspecified atom stereocenters. The lowest BCUT2D eigenvalue weighted by Gasteiger charge is -2.24. The lowest BCUT2D eigenvalue weighted by atomic mass is 10.0. The average molecular weight is 551 g/mol. The molecule has 1 heterocycles. The number of hydrogen-bond donors (Lipinski definition) is 0. The first-order valence-electron chi connectivity index (χ1n) is 13.8. The number of rotatable bonds is 16. The summed E-state index contributed by atoms with van der Waals surface area (Å²) in [7, 11) is 0. The van der Waals surface area contributed by atoms with Crippen LogP contribution in [-0.4, -0.2) is 36.4 Å². The minimum absolute atomic E-state index is 0.296. The first kappa shape index (κ1) is 30.5. The largest absolute Gasteiger partial charge is 0.487 e. The third kappa shape index (κ3) is 9.29. The molecule has 3 atom stereocenters. The van der Waals surface area contributed by atoms with Crippen molar-refractivity contribution in [2.24, 2.45) is 0 Å². The van der Waals surface area contributed by atoms with Crippen molar-refractivity contribution in [2.45, 2.75) is 83.7 Å². The quantitative estimate of drug-likeness (QED) is 0.0746. The molecule has 3 rings (SSSR count). The molecule has 0 saturated carbocycles. The lowest BCUT2D eigenvalue weighted by Crippen LogP contribution is -2.31. The van der Waals surface area contributed by atoms with Crippen LogP contribution in [0.5, 0.6) is 17.2 Å². The van der Waals surface area contributed by atoms with E-state index >= 15 is 0 Å². The Morgan fingerprint density at radius 3 is 2.17 bits per heavy atom. The normalized spacial score (nSPS) is 16.0. The van der Waals surface area contributed by atoms with Crippen LogP contribution in [0.15, 0.2) is 73.3 Å². The third-order valence-electron chi connectivity index (χ3n) is 6.37. The number of cyclic esters (lactones) is 1. The molecular weight excluding hydrogens is 512 g/mol. The van der Waals surface area contributed by atoms with Crippen molar-refractivity contribution >= 4 is 17.9 Å². The van der Waals surface area contributed by atoms with Crippen LogP contribution < -0.4 is 14.2 Å². The molecule has 1 saturated heterocycles. The highest BCUT2D eigenvalue weighted by Crippen LogP contribution is 2.28. The van der Waals surface area contributed by atoms with Gasteiger partial charge in [0.1, 0.15) is 29.5 Å². The Morgan fingerprint density at radius 1 is 0.925 bits per heavy atom. The van der Waals surface area contributed by atoms with Gasteiger partial charge in [-0.15, -0.1) is 0 Å². The van der Waals surface area contributed by atoms with Gasteiger partial charge in [0.15, 0.2) is 0 Å². The summed E-state index contributed by atoms with van der Waals surface area (Å²) >= 11 is 0. The van der Waals surface area contributed by atoms with Crippen LogP contribution >= 0.6 is 0 Å². The van der Waals surface area contributed by atoms with Gasteiger partial charge in [0.25, 0.3) is 0 Å². The van der Waals surface area contributed by atoms with Crippen molar-refractivity contribution in [2.75, 3.05) is 0 Å². The number of carbonyl (C=O) groups is 3. The molecule has 0 bridgehead atoms. The minimum Gasteiger partial charge on any atom is -0.487 e. The number of hydrogen-bond acceptors (Lipinski definition) is 8. The van der Waals surface area contributed by atoms with Crippen LogP contribution in [0.1, 0.15) is 75.6 Å². The summed E-state index contributed by atoms with van der Waals surface area (Å²) in [5.41, 5.74) is 0.814. The van der Waals surface area contributed by atoms with E-state index in [1.54, 1.807) is 48.5 Å². The summed E-state index contributed by atoms with van der Waals surface area (Å²) < 4.78 is 28.1. The van der Waals surface area contributed by atoms with Crippen molar-refractivity contribution in [3.63, 3.8) is 0 Å². The van der Waals surface area contributed by atoms with E-state index in [-0.39, 0.29) is 18.2 Å². The molecular formula is C32H38O8. The van der Waals surface area contributed by atoms with Gasteiger partial charge in [-0.3, -0.25) is 0 Å². The van der Waals surface area contributed by atoms with E-state index in [1.807, 2.05) is 6.92 Å². The van der Waals surface area contributed by atoms with Gasteiger partial charge in [-0.2, -0.15) is 0 Å². The minimum atomic E-state index is -0.736. The van der Waals surface area contributed by atoms with Crippen molar-refractivity contribution in [1.82, 2.24) is 0 Å². The maximum absolute atomic E-state index is 12.7. The molecule has 0 N–H and O–H groups in total. The van der Waals surface area contributed by atoms with E-state index in [4.69, 9.17) is 23.7 Å². The fourth-order valence-electron chi connectivity index (χ4n) is 4.19. The fraction of sp³-hybridized carbons (Fsp3) is 0.406. The number of ether oxygens (including phenoxy) is 5. The second kappa shape index (κ2) is 15.5. The second-order valence-corrected chi connectivity index (χ2v) is 9.62. The standard InChI is InChI=1S/C32H38O8/c1-5-8-9-10-12-27(28-21-22(4)31(34)39-28)36-24-15-13-23(14-16-24)32(35)38-26-19-17-25(18-20-26)37-30(11-6-2)40-29(33)7-3/h7,13-20,27-28,30H,3-6,8-12,21H2,1-2H3. The number of esters is 3. The van der Waals surface area contributed by atoms with Crippen molar-refractivity contribution in [1.29, 1.82) is 0 Å². The Bertz CT molecular complexity index is 1140. The van der Waals surface area contributed by atoms with Crippen molar-refractivity contribution in [3.05, 3.63) is 78.9 Å². The van der Waals surface area contributed by atoms with E-state index in [1.165, 1.54) is 0 Å².